The first-order valence-electron chi connectivity index (χ1n) is 7.42. The second-order valence-electron chi connectivity index (χ2n) is 7.38. The van der Waals surface area contributed by atoms with Gasteiger partial charge < -0.3 is 10.4 Å². The van der Waals surface area contributed by atoms with Crippen molar-refractivity contribution >= 4 is 0 Å². The molecule has 3 aliphatic rings. The minimum Gasteiger partial charge on any atom is -0.393 e. The van der Waals surface area contributed by atoms with Gasteiger partial charge in [-0.25, -0.2) is 0 Å². The molecule has 5 unspecified atom stereocenters. The van der Waals surface area contributed by atoms with E-state index in [2.05, 4.69) is 26.1 Å². The molecule has 1 heterocycles. The summed E-state index contributed by atoms with van der Waals surface area (Å²) in [6.07, 6.45) is 3.57. The normalized spacial score (nSPS) is 53.8. The molecule has 0 amide bonds. The number of hydrogen-bond acceptors (Lipinski definition) is 2. The molecule has 2 nitrogen and oxygen atoms in total. The number of aliphatic hydroxyl groups excluding tert-OH is 1. The quantitative estimate of drug-likeness (QED) is 0.772. The van der Waals surface area contributed by atoms with Crippen molar-refractivity contribution in [3.05, 3.63) is 0 Å². The number of aliphatic hydroxyl groups is 1. The Morgan fingerprint density at radius 1 is 1.24 bits per heavy atom. The Morgan fingerprint density at radius 2 is 1.88 bits per heavy atom. The summed E-state index contributed by atoms with van der Waals surface area (Å²) in [5.41, 5.74) is 0.433. The first-order valence-corrected chi connectivity index (χ1v) is 7.42. The average Bonchev–Trinajstić information content (AvgIpc) is 2.75. The lowest BCUT2D eigenvalue weighted by molar-refractivity contribution is -0.0230. The second kappa shape index (κ2) is 3.96. The molecule has 1 aliphatic heterocycles. The molecule has 17 heavy (non-hydrogen) atoms. The van der Waals surface area contributed by atoms with E-state index in [4.69, 9.17) is 0 Å². The number of nitrogens with one attached hydrogen (secondary N) is 1. The Hall–Kier alpha value is -0.0800. The van der Waals surface area contributed by atoms with E-state index < -0.39 is 0 Å². The Labute approximate surface area is 105 Å². The van der Waals surface area contributed by atoms with Crippen molar-refractivity contribution in [1.82, 2.24) is 5.32 Å². The molecule has 0 spiro atoms. The molecular weight excluding hydrogens is 210 g/mol. The molecule has 3 rings (SSSR count). The Bertz CT molecular complexity index is 293. The van der Waals surface area contributed by atoms with Crippen molar-refractivity contribution in [2.45, 2.75) is 46.1 Å². The number of piperidine rings is 1. The van der Waals surface area contributed by atoms with Crippen molar-refractivity contribution in [2.75, 3.05) is 13.1 Å². The summed E-state index contributed by atoms with van der Waals surface area (Å²) in [6.45, 7) is 9.41. The minimum atomic E-state index is -0.0527. The van der Waals surface area contributed by atoms with Crippen LogP contribution in [0.25, 0.3) is 0 Å². The minimum absolute atomic E-state index is 0.0527. The molecule has 3 fully saturated rings. The molecule has 5 atom stereocenters. The Kier molecular flexibility index (Phi) is 2.79. The lowest BCUT2D eigenvalue weighted by Crippen LogP contribution is -2.40. The summed E-state index contributed by atoms with van der Waals surface area (Å²) in [4.78, 5) is 0. The predicted octanol–water partition coefficient (Wildman–Crippen LogP) is 2.28. The number of fused-ring (bicyclic) bond motifs is 1. The highest BCUT2D eigenvalue weighted by Gasteiger charge is 2.61. The van der Waals surface area contributed by atoms with Crippen molar-refractivity contribution in [3.63, 3.8) is 0 Å². The zero-order chi connectivity index (χ0) is 12.2. The van der Waals surface area contributed by atoms with Crippen LogP contribution in [0, 0.1) is 35.0 Å². The molecule has 1 saturated heterocycles. The Morgan fingerprint density at radius 3 is 2.41 bits per heavy atom. The molecule has 2 heteroatoms. The summed E-state index contributed by atoms with van der Waals surface area (Å²) >= 11 is 0. The van der Waals surface area contributed by atoms with Gasteiger partial charge in [-0.15, -0.1) is 0 Å². The molecule has 2 aliphatic carbocycles. The first kappa shape index (κ1) is 12.0. The van der Waals surface area contributed by atoms with Gasteiger partial charge in [-0.2, -0.15) is 0 Å². The van der Waals surface area contributed by atoms with Crippen molar-refractivity contribution in [3.8, 4) is 0 Å². The van der Waals surface area contributed by atoms with Gasteiger partial charge >= 0.3 is 0 Å². The van der Waals surface area contributed by atoms with Crippen LogP contribution in [0.2, 0.25) is 0 Å². The summed E-state index contributed by atoms with van der Waals surface area (Å²) in [5, 5.41) is 13.9. The van der Waals surface area contributed by atoms with Gasteiger partial charge in [0.15, 0.2) is 0 Å². The molecule has 0 aromatic carbocycles. The maximum Gasteiger partial charge on any atom is 0.0576 e. The first-order chi connectivity index (χ1) is 8.03. The molecular formula is C15H27NO. The van der Waals surface area contributed by atoms with Crippen LogP contribution in [-0.4, -0.2) is 24.3 Å². The van der Waals surface area contributed by atoms with Crippen molar-refractivity contribution in [2.24, 2.45) is 35.0 Å². The van der Waals surface area contributed by atoms with Crippen LogP contribution in [0.5, 0.6) is 0 Å². The van der Waals surface area contributed by atoms with Crippen LogP contribution < -0.4 is 5.32 Å². The lowest BCUT2D eigenvalue weighted by atomic mass is 9.64. The third kappa shape index (κ3) is 1.84. The highest BCUT2D eigenvalue weighted by molar-refractivity contribution is 5.11. The van der Waals surface area contributed by atoms with E-state index in [0.717, 1.165) is 24.2 Å². The van der Waals surface area contributed by atoms with Crippen LogP contribution in [0.4, 0.5) is 0 Å². The van der Waals surface area contributed by atoms with Crippen LogP contribution in [0.1, 0.15) is 40.0 Å². The monoisotopic (exact) mass is 237 g/mol. The zero-order valence-electron chi connectivity index (χ0n) is 11.4. The van der Waals surface area contributed by atoms with E-state index in [9.17, 15) is 5.11 Å². The standard InChI is InChI=1S/C15H27NO/c1-9(2)10-4-5-15(3,6-13(10)17)14-11-7-16-8-12(11)14/h9-14,16-17H,4-8H2,1-3H3. The summed E-state index contributed by atoms with van der Waals surface area (Å²) in [5.74, 6) is 3.95. The maximum absolute atomic E-state index is 10.4. The molecule has 0 bridgehead atoms. The fourth-order valence-electron chi connectivity index (χ4n) is 4.95. The molecule has 0 aromatic heterocycles. The van der Waals surface area contributed by atoms with Gasteiger partial charge in [-0.05, 0) is 67.4 Å². The molecule has 98 valence electrons. The van der Waals surface area contributed by atoms with E-state index >= 15 is 0 Å². The van der Waals surface area contributed by atoms with E-state index in [1.165, 1.54) is 25.9 Å². The highest BCUT2D eigenvalue weighted by atomic mass is 16.3. The second-order valence-corrected chi connectivity index (χ2v) is 7.38. The number of rotatable bonds is 2. The summed E-state index contributed by atoms with van der Waals surface area (Å²) < 4.78 is 0. The average molecular weight is 237 g/mol. The largest absolute Gasteiger partial charge is 0.393 e. The molecule has 2 saturated carbocycles. The predicted molar refractivity (Wildman–Crippen MR) is 69.6 cm³/mol. The lowest BCUT2D eigenvalue weighted by Gasteiger charge is -2.43. The molecule has 2 N–H and O–H groups in total. The topological polar surface area (TPSA) is 32.3 Å². The van der Waals surface area contributed by atoms with Gasteiger partial charge in [0.25, 0.3) is 0 Å². The third-order valence-electron chi connectivity index (χ3n) is 5.97. The van der Waals surface area contributed by atoms with E-state index in [1.54, 1.807) is 0 Å². The van der Waals surface area contributed by atoms with Crippen molar-refractivity contribution < 1.29 is 5.11 Å². The van der Waals surface area contributed by atoms with Crippen LogP contribution in [-0.2, 0) is 0 Å². The van der Waals surface area contributed by atoms with E-state index in [0.29, 0.717) is 17.3 Å². The van der Waals surface area contributed by atoms with Gasteiger partial charge in [-0.1, -0.05) is 20.8 Å². The van der Waals surface area contributed by atoms with Crippen LogP contribution in [0.15, 0.2) is 0 Å². The molecule has 0 aromatic rings. The van der Waals surface area contributed by atoms with Gasteiger partial charge in [0.1, 0.15) is 0 Å². The summed E-state index contributed by atoms with van der Waals surface area (Å²) in [6, 6.07) is 0. The van der Waals surface area contributed by atoms with E-state index in [1.807, 2.05) is 0 Å². The third-order valence-corrected chi connectivity index (χ3v) is 5.97. The summed E-state index contributed by atoms with van der Waals surface area (Å²) in [7, 11) is 0. The van der Waals surface area contributed by atoms with Gasteiger partial charge in [-0.3, -0.25) is 0 Å². The fraction of sp³-hybridized carbons (Fsp3) is 1.00. The maximum atomic E-state index is 10.4. The van der Waals surface area contributed by atoms with Gasteiger partial charge in [0.2, 0.25) is 0 Å². The highest BCUT2D eigenvalue weighted by Crippen LogP contribution is 2.63. The fourth-order valence-corrected chi connectivity index (χ4v) is 4.95. The SMILES string of the molecule is CC(C)C1CCC(C)(C2C3CNCC32)CC1O. The van der Waals surface area contributed by atoms with Gasteiger partial charge in [0.05, 0.1) is 6.10 Å². The Balaban J connectivity index is 1.66. The van der Waals surface area contributed by atoms with Gasteiger partial charge in [0, 0.05) is 0 Å². The number of hydrogen-bond donors (Lipinski definition) is 2. The van der Waals surface area contributed by atoms with Crippen molar-refractivity contribution in [1.29, 1.82) is 0 Å². The molecule has 0 radical (unpaired) electrons. The van der Waals surface area contributed by atoms with E-state index in [-0.39, 0.29) is 6.10 Å². The van der Waals surface area contributed by atoms with Crippen LogP contribution in [0.3, 0.4) is 0 Å². The zero-order valence-corrected chi connectivity index (χ0v) is 11.4. The van der Waals surface area contributed by atoms with Crippen LogP contribution >= 0.6 is 0 Å². The smallest absolute Gasteiger partial charge is 0.0576 e.